The monoisotopic (exact) mass is 461 g/mol. The van der Waals surface area contributed by atoms with Crippen molar-refractivity contribution in [3.8, 4) is 0 Å². The normalized spacial score (nSPS) is 23.5. The molecule has 2 unspecified atom stereocenters. The number of piperidine rings is 1. The summed E-state index contributed by atoms with van der Waals surface area (Å²) in [5.74, 6) is -2.24. The lowest BCUT2D eigenvalue weighted by molar-refractivity contribution is -0.140. The summed E-state index contributed by atoms with van der Waals surface area (Å²) in [5.41, 5.74) is 0.684. The number of urea groups is 1. The summed E-state index contributed by atoms with van der Waals surface area (Å²) in [6.45, 7) is 1.82. The third kappa shape index (κ3) is 4.22. The zero-order chi connectivity index (χ0) is 23.8. The van der Waals surface area contributed by atoms with Gasteiger partial charge in [0.05, 0.1) is 11.5 Å². The Morgan fingerprint density at radius 3 is 2.61 bits per heavy atom. The van der Waals surface area contributed by atoms with Crippen LogP contribution in [0.15, 0.2) is 48.7 Å². The van der Waals surface area contributed by atoms with Gasteiger partial charge in [-0.25, -0.2) is 9.78 Å². The standard InChI is InChI=1S/C22H22F3N5O3/c1-21(15-8-3-2-4-9-15)19(32)30(20(33)27-21)28-18(31)14-7-6-12-29(13-14)17-16(22(23,24)25)10-5-11-26-17/h2-5,8-11,14H,6-7,12-13H2,1H3,(H,27,33)(H,28,31). The van der Waals surface area contributed by atoms with Crippen LogP contribution < -0.4 is 15.6 Å². The zero-order valence-electron chi connectivity index (χ0n) is 17.7. The number of nitrogens with zero attached hydrogens (tertiary/aromatic N) is 3. The quantitative estimate of drug-likeness (QED) is 0.683. The van der Waals surface area contributed by atoms with Crippen LogP contribution in [0.5, 0.6) is 0 Å². The van der Waals surface area contributed by atoms with Crippen molar-refractivity contribution < 1.29 is 27.6 Å². The SMILES string of the molecule is CC1(c2ccccc2)NC(=O)N(NC(=O)C2CCCN(c3ncccc3C(F)(F)F)C2)C1=O. The Morgan fingerprint density at radius 2 is 1.91 bits per heavy atom. The molecular weight excluding hydrogens is 439 g/mol. The molecule has 2 fully saturated rings. The van der Waals surface area contributed by atoms with Crippen molar-refractivity contribution in [3.05, 3.63) is 59.8 Å². The molecule has 4 amide bonds. The van der Waals surface area contributed by atoms with Gasteiger partial charge in [-0.1, -0.05) is 30.3 Å². The van der Waals surface area contributed by atoms with Crippen LogP contribution in [-0.4, -0.2) is 40.9 Å². The second-order valence-corrected chi connectivity index (χ2v) is 8.20. The van der Waals surface area contributed by atoms with E-state index in [1.54, 1.807) is 30.3 Å². The maximum atomic E-state index is 13.4. The van der Waals surface area contributed by atoms with Gasteiger partial charge in [-0.2, -0.15) is 18.2 Å². The van der Waals surface area contributed by atoms with Gasteiger partial charge in [-0.15, -0.1) is 0 Å². The minimum absolute atomic E-state index is 0.0223. The van der Waals surface area contributed by atoms with Gasteiger partial charge in [0, 0.05) is 19.3 Å². The predicted octanol–water partition coefficient (Wildman–Crippen LogP) is 2.82. The van der Waals surface area contributed by atoms with Crippen molar-refractivity contribution in [1.82, 2.24) is 20.7 Å². The smallest absolute Gasteiger partial charge is 0.355 e. The predicted molar refractivity (Wildman–Crippen MR) is 111 cm³/mol. The van der Waals surface area contributed by atoms with E-state index in [-0.39, 0.29) is 12.4 Å². The number of imide groups is 1. The third-order valence-electron chi connectivity index (χ3n) is 5.95. The number of aromatic nitrogens is 1. The summed E-state index contributed by atoms with van der Waals surface area (Å²) in [4.78, 5) is 43.6. The lowest BCUT2D eigenvalue weighted by Gasteiger charge is -2.34. The molecule has 174 valence electrons. The summed E-state index contributed by atoms with van der Waals surface area (Å²) in [6.07, 6.45) is -2.46. The summed E-state index contributed by atoms with van der Waals surface area (Å²) >= 11 is 0. The average molecular weight is 461 g/mol. The number of hydrazine groups is 1. The highest BCUT2D eigenvalue weighted by molar-refractivity contribution is 6.08. The lowest BCUT2D eigenvalue weighted by atomic mass is 9.92. The second-order valence-electron chi connectivity index (χ2n) is 8.20. The fourth-order valence-electron chi connectivity index (χ4n) is 4.16. The van der Waals surface area contributed by atoms with E-state index in [1.807, 2.05) is 0 Å². The molecular formula is C22H22F3N5O3. The molecule has 33 heavy (non-hydrogen) atoms. The molecule has 2 atom stereocenters. The van der Waals surface area contributed by atoms with Gasteiger partial charge in [0.25, 0.3) is 5.91 Å². The van der Waals surface area contributed by atoms with Crippen molar-refractivity contribution in [1.29, 1.82) is 0 Å². The van der Waals surface area contributed by atoms with E-state index in [1.165, 1.54) is 24.1 Å². The number of anilines is 1. The summed E-state index contributed by atoms with van der Waals surface area (Å²) in [6, 6.07) is 9.98. The molecule has 2 aromatic rings. The molecule has 0 radical (unpaired) electrons. The van der Waals surface area contributed by atoms with Gasteiger partial charge < -0.3 is 10.2 Å². The molecule has 11 heteroatoms. The molecule has 3 heterocycles. The molecule has 2 aliphatic heterocycles. The van der Waals surface area contributed by atoms with Crippen LogP contribution >= 0.6 is 0 Å². The van der Waals surface area contributed by atoms with E-state index in [9.17, 15) is 27.6 Å². The maximum absolute atomic E-state index is 13.4. The van der Waals surface area contributed by atoms with E-state index in [0.717, 1.165) is 6.07 Å². The first-order valence-electron chi connectivity index (χ1n) is 10.4. The molecule has 2 aliphatic rings. The molecule has 0 spiro atoms. The van der Waals surface area contributed by atoms with Gasteiger partial charge in [0.1, 0.15) is 11.4 Å². The number of amides is 4. The average Bonchev–Trinajstić information content (AvgIpc) is 3.03. The van der Waals surface area contributed by atoms with Crippen LogP contribution in [0.25, 0.3) is 0 Å². The fourth-order valence-corrected chi connectivity index (χ4v) is 4.16. The highest BCUT2D eigenvalue weighted by atomic mass is 19.4. The van der Waals surface area contributed by atoms with E-state index < -0.39 is 41.0 Å². The van der Waals surface area contributed by atoms with E-state index in [4.69, 9.17) is 0 Å². The number of benzene rings is 1. The Labute approximate surface area is 187 Å². The molecule has 8 nitrogen and oxygen atoms in total. The van der Waals surface area contributed by atoms with E-state index >= 15 is 0 Å². The first-order chi connectivity index (χ1) is 15.6. The van der Waals surface area contributed by atoms with Crippen LogP contribution in [0.4, 0.5) is 23.8 Å². The van der Waals surface area contributed by atoms with Crippen molar-refractivity contribution in [2.45, 2.75) is 31.5 Å². The van der Waals surface area contributed by atoms with Gasteiger partial charge in [0.15, 0.2) is 0 Å². The molecule has 0 saturated carbocycles. The van der Waals surface area contributed by atoms with E-state index in [0.29, 0.717) is 30.0 Å². The molecule has 0 bridgehead atoms. The molecule has 1 aromatic carbocycles. The minimum atomic E-state index is -4.58. The number of halogens is 3. The van der Waals surface area contributed by atoms with Gasteiger partial charge >= 0.3 is 12.2 Å². The molecule has 0 aliphatic carbocycles. The number of hydrogen-bond donors (Lipinski definition) is 2. The van der Waals surface area contributed by atoms with Crippen molar-refractivity contribution in [3.63, 3.8) is 0 Å². The van der Waals surface area contributed by atoms with Gasteiger partial charge in [0.2, 0.25) is 5.91 Å². The van der Waals surface area contributed by atoms with Crippen LogP contribution in [0, 0.1) is 5.92 Å². The summed E-state index contributed by atoms with van der Waals surface area (Å²) in [5, 5.41) is 3.23. The van der Waals surface area contributed by atoms with Crippen molar-refractivity contribution in [2.24, 2.45) is 5.92 Å². The van der Waals surface area contributed by atoms with Crippen LogP contribution in [0.1, 0.15) is 30.9 Å². The molecule has 2 saturated heterocycles. The number of carbonyl (C=O) groups is 3. The van der Waals surface area contributed by atoms with Crippen LogP contribution in [0.2, 0.25) is 0 Å². The second kappa shape index (κ2) is 8.38. The zero-order valence-corrected chi connectivity index (χ0v) is 17.7. The number of alkyl halides is 3. The Kier molecular flexibility index (Phi) is 5.73. The fraction of sp³-hybridized carbons (Fsp3) is 0.364. The van der Waals surface area contributed by atoms with Crippen molar-refractivity contribution in [2.75, 3.05) is 18.0 Å². The number of rotatable bonds is 4. The summed E-state index contributed by atoms with van der Waals surface area (Å²) < 4.78 is 40.2. The topological polar surface area (TPSA) is 94.6 Å². The first-order valence-corrected chi connectivity index (χ1v) is 10.4. The number of carbonyl (C=O) groups excluding carboxylic acids is 3. The number of hydrogen-bond acceptors (Lipinski definition) is 5. The Hall–Kier alpha value is -3.63. The first kappa shape index (κ1) is 22.6. The van der Waals surface area contributed by atoms with Crippen molar-refractivity contribution >= 4 is 23.7 Å². The number of pyridine rings is 1. The maximum Gasteiger partial charge on any atom is 0.419 e. The molecule has 2 N–H and O–H groups in total. The third-order valence-corrected chi connectivity index (χ3v) is 5.95. The Morgan fingerprint density at radius 1 is 1.18 bits per heavy atom. The number of nitrogens with one attached hydrogen (secondary N) is 2. The largest absolute Gasteiger partial charge is 0.419 e. The van der Waals surface area contributed by atoms with Crippen LogP contribution in [0.3, 0.4) is 0 Å². The minimum Gasteiger partial charge on any atom is -0.355 e. The highest BCUT2D eigenvalue weighted by Gasteiger charge is 2.50. The highest BCUT2D eigenvalue weighted by Crippen LogP contribution is 2.36. The Bertz CT molecular complexity index is 1080. The summed E-state index contributed by atoms with van der Waals surface area (Å²) in [7, 11) is 0. The van der Waals surface area contributed by atoms with Gasteiger partial charge in [-0.05, 0) is 37.5 Å². The molecule has 4 rings (SSSR count). The van der Waals surface area contributed by atoms with E-state index in [2.05, 4.69) is 15.7 Å². The Balaban J connectivity index is 1.48. The van der Waals surface area contributed by atoms with Crippen LogP contribution in [-0.2, 0) is 21.3 Å². The van der Waals surface area contributed by atoms with Gasteiger partial charge in [-0.3, -0.25) is 15.0 Å². The molecule has 1 aromatic heterocycles. The lowest BCUT2D eigenvalue weighted by Crippen LogP contribution is -2.52.